The van der Waals surface area contributed by atoms with Crippen molar-refractivity contribution in [3.05, 3.63) is 70.4 Å². The highest BCUT2D eigenvalue weighted by molar-refractivity contribution is 5.90. The Morgan fingerprint density at radius 3 is 2.59 bits per heavy atom. The number of phenolic OH excluding ortho intramolecular Hbond substituents is 1. The second kappa shape index (κ2) is 7.49. The molecule has 0 aliphatic rings. The molecule has 0 spiro atoms. The average molecular weight is 363 g/mol. The van der Waals surface area contributed by atoms with E-state index in [1.54, 1.807) is 18.2 Å². The maximum atomic E-state index is 12.4. The number of rotatable bonds is 6. The van der Waals surface area contributed by atoms with Crippen molar-refractivity contribution >= 4 is 22.4 Å². The van der Waals surface area contributed by atoms with Gasteiger partial charge in [0.05, 0.1) is 22.2 Å². The minimum absolute atomic E-state index is 0.0676. The molecule has 1 heterocycles. The van der Waals surface area contributed by atoms with Gasteiger partial charge in [-0.25, -0.2) is 0 Å². The van der Waals surface area contributed by atoms with E-state index in [2.05, 4.69) is 4.98 Å². The summed E-state index contributed by atoms with van der Waals surface area (Å²) < 4.78 is 5.34. The largest absolute Gasteiger partial charge is 0.508 e. The number of fused-ring (bicyclic) bond motifs is 1. The number of nitro groups is 1. The molecule has 1 atom stereocenters. The van der Waals surface area contributed by atoms with Gasteiger partial charge in [-0.2, -0.15) is 5.26 Å². The van der Waals surface area contributed by atoms with E-state index in [1.807, 2.05) is 6.07 Å². The molecule has 0 saturated carbocycles. The van der Waals surface area contributed by atoms with Crippen molar-refractivity contribution in [2.75, 3.05) is 6.61 Å². The first-order valence-electron chi connectivity index (χ1n) is 7.87. The Morgan fingerprint density at radius 2 is 1.93 bits per heavy atom. The SMILES string of the molecule is N#CC(C(=O)COc1ccc(O)cc1)c1ccc2ccc([N+](=O)[O-])cc2n1. The number of hydrogen-bond donors (Lipinski definition) is 1. The Kier molecular flexibility index (Phi) is 4.95. The first-order valence-corrected chi connectivity index (χ1v) is 7.87. The Balaban J connectivity index is 1.81. The number of nitro benzene ring substituents is 1. The summed E-state index contributed by atoms with van der Waals surface area (Å²) in [6, 6.07) is 15.1. The molecular formula is C19H13N3O5. The molecule has 0 radical (unpaired) electrons. The van der Waals surface area contributed by atoms with Crippen molar-refractivity contribution in [1.82, 2.24) is 4.98 Å². The lowest BCUT2D eigenvalue weighted by molar-refractivity contribution is -0.384. The number of aromatic hydroxyl groups is 1. The van der Waals surface area contributed by atoms with Crippen LogP contribution in [-0.2, 0) is 4.79 Å². The standard InChI is InChI=1S/C19H13N3O5/c20-10-16(19(24)11-27-15-6-4-14(23)5-7-15)17-8-2-12-1-3-13(22(25)26)9-18(12)21-17/h1-9,16,23H,11H2. The van der Waals surface area contributed by atoms with Crippen molar-refractivity contribution in [3.8, 4) is 17.6 Å². The van der Waals surface area contributed by atoms with Crippen LogP contribution in [0.25, 0.3) is 10.9 Å². The first-order chi connectivity index (χ1) is 13.0. The molecule has 0 aliphatic carbocycles. The number of pyridine rings is 1. The van der Waals surface area contributed by atoms with Crippen molar-refractivity contribution in [1.29, 1.82) is 5.26 Å². The second-order valence-electron chi connectivity index (χ2n) is 5.68. The number of carbonyl (C=O) groups is 1. The van der Waals surface area contributed by atoms with Gasteiger partial charge in [-0.1, -0.05) is 6.07 Å². The highest BCUT2D eigenvalue weighted by atomic mass is 16.6. The summed E-state index contributed by atoms with van der Waals surface area (Å²) in [7, 11) is 0. The van der Waals surface area contributed by atoms with Crippen LogP contribution in [0.1, 0.15) is 11.6 Å². The molecule has 0 amide bonds. The molecule has 1 N–H and O–H groups in total. The van der Waals surface area contributed by atoms with E-state index in [1.165, 1.54) is 36.4 Å². The molecule has 134 valence electrons. The fourth-order valence-electron chi connectivity index (χ4n) is 2.48. The maximum Gasteiger partial charge on any atom is 0.271 e. The molecule has 1 aromatic heterocycles. The molecule has 1 unspecified atom stereocenters. The van der Waals surface area contributed by atoms with Gasteiger partial charge >= 0.3 is 0 Å². The molecule has 0 saturated heterocycles. The fourth-order valence-corrected chi connectivity index (χ4v) is 2.48. The highest BCUT2D eigenvalue weighted by Crippen LogP contribution is 2.23. The fraction of sp³-hybridized carbons (Fsp3) is 0.105. The van der Waals surface area contributed by atoms with Gasteiger partial charge in [0, 0.05) is 17.5 Å². The number of nitrogens with zero attached hydrogens (tertiary/aromatic N) is 3. The third kappa shape index (κ3) is 3.99. The lowest BCUT2D eigenvalue weighted by Gasteiger charge is -2.10. The van der Waals surface area contributed by atoms with Crippen LogP contribution < -0.4 is 4.74 Å². The summed E-state index contributed by atoms with van der Waals surface area (Å²) in [6.07, 6.45) is 0. The van der Waals surface area contributed by atoms with Crippen LogP contribution in [0.15, 0.2) is 54.6 Å². The van der Waals surface area contributed by atoms with Gasteiger partial charge in [0.1, 0.15) is 18.1 Å². The van der Waals surface area contributed by atoms with Crippen LogP contribution in [-0.4, -0.2) is 27.4 Å². The normalized spacial score (nSPS) is 11.5. The van der Waals surface area contributed by atoms with Crippen LogP contribution in [0.2, 0.25) is 0 Å². The quantitative estimate of drug-likeness (QED) is 0.526. The van der Waals surface area contributed by atoms with Crippen molar-refractivity contribution in [2.24, 2.45) is 0 Å². The molecule has 27 heavy (non-hydrogen) atoms. The van der Waals surface area contributed by atoms with E-state index >= 15 is 0 Å². The third-order valence-electron chi connectivity index (χ3n) is 3.87. The molecule has 0 bridgehead atoms. The van der Waals surface area contributed by atoms with Crippen LogP contribution in [0.3, 0.4) is 0 Å². The first kappa shape index (κ1) is 17.8. The Bertz CT molecular complexity index is 1060. The van der Waals surface area contributed by atoms with Gasteiger partial charge in [0.2, 0.25) is 0 Å². The van der Waals surface area contributed by atoms with E-state index in [-0.39, 0.29) is 23.7 Å². The summed E-state index contributed by atoms with van der Waals surface area (Å²) in [5, 5.41) is 30.2. The monoisotopic (exact) mass is 363 g/mol. The number of non-ortho nitro benzene ring substituents is 1. The van der Waals surface area contributed by atoms with Gasteiger partial charge in [-0.3, -0.25) is 19.9 Å². The zero-order chi connectivity index (χ0) is 19.4. The van der Waals surface area contributed by atoms with Crippen LogP contribution in [0.4, 0.5) is 5.69 Å². The number of Topliss-reactive ketones (excluding diaryl/α,β-unsaturated/α-hetero) is 1. The van der Waals surface area contributed by atoms with Gasteiger partial charge < -0.3 is 9.84 Å². The van der Waals surface area contributed by atoms with Gasteiger partial charge in [-0.15, -0.1) is 0 Å². The topological polar surface area (TPSA) is 126 Å². The number of ether oxygens (including phenoxy) is 1. The van der Waals surface area contributed by atoms with Gasteiger partial charge in [0.15, 0.2) is 11.7 Å². The Labute approximate surface area is 153 Å². The van der Waals surface area contributed by atoms with Crippen LogP contribution >= 0.6 is 0 Å². The zero-order valence-corrected chi connectivity index (χ0v) is 13.9. The number of hydrogen-bond acceptors (Lipinski definition) is 7. The second-order valence-corrected chi connectivity index (χ2v) is 5.68. The van der Waals surface area contributed by atoms with E-state index in [4.69, 9.17) is 4.74 Å². The molecular weight excluding hydrogens is 350 g/mol. The zero-order valence-electron chi connectivity index (χ0n) is 13.9. The summed E-state index contributed by atoms with van der Waals surface area (Å²) >= 11 is 0. The average Bonchev–Trinajstić information content (AvgIpc) is 2.67. The summed E-state index contributed by atoms with van der Waals surface area (Å²) in [5.41, 5.74) is 0.404. The molecule has 2 aromatic carbocycles. The van der Waals surface area contributed by atoms with Crippen LogP contribution in [0.5, 0.6) is 11.5 Å². The Hall–Kier alpha value is -3.99. The maximum absolute atomic E-state index is 12.4. The van der Waals surface area contributed by atoms with Crippen molar-refractivity contribution < 1.29 is 19.6 Å². The summed E-state index contributed by atoms with van der Waals surface area (Å²) in [4.78, 5) is 27.0. The Morgan fingerprint density at radius 1 is 1.22 bits per heavy atom. The lowest BCUT2D eigenvalue weighted by Crippen LogP contribution is -2.19. The summed E-state index contributed by atoms with van der Waals surface area (Å²) in [6.45, 7) is -0.350. The molecule has 8 heteroatoms. The summed E-state index contributed by atoms with van der Waals surface area (Å²) in [5.74, 6) is -1.22. The van der Waals surface area contributed by atoms with Crippen molar-refractivity contribution in [3.63, 3.8) is 0 Å². The predicted molar refractivity (Wildman–Crippen MR) is 95.4 cm³/mol. The van der Waals surface area contributed by atoms with Crippen LogP contribution in [0, 0.1) is 21.4 Å². The minimum atomic E-state index is -1.16. The third-order valence-corrected chi connectivity index (χ3v) is 3.87. The number of carbonyl (C=O) groups excluding carboxylic acids is 1. The van der Waals surface area contributed by atoms with E-state index in [0.29, 0.717) is 16.7 Å². The lowest BCUT2D eigenvalue weighted by atomic mass is 10.0. The van der Waals surface area contributed by atoms with Gasteiger partial charge in [0.25, 0.3) is 5.69 Å². The number of nitriles is 1. The smallest absolute Gasteiger partial charge is 0.271 e. The molecule has 0 fully saturated rings. The molecule has 8 nitrogen and oxygen atoms in total. The number of aromatic nitrogens is 1. The van der Waals surface area contributed by atoms with E-state index in [9.17, 15) is 25.3 Å². The molecule has 0 aliphatic heterocycles. The number of benzene rings is 2. The van der Waals surface area contributed by atoms with E-state index in [0.717, 1.165) is 0 Å². The van der Waals surface area contributed by atoms with Crippen molar-refractivity contribution in [2.45, 2.75) is 5.92 Å². The minimum Gasteiger partial charge on any atom is -0.508 e. The molecule has 3 aromatic rings. The van der Waals surface area contributed by atoms with E-state index < -0.39 is 16.6 Å². The van der Waals surface area contributed by atoms with Gasteiger partial charge in [-0.05, 0) is 36.4 Å². The molecule has 3 rings (SSSR count). The predicted octanol–water partition coefficient (Wildman–Crippen LogP) is 3.10. The number of phenols is 1. The highest BCUT2D eigenvalue weighted by Gasteiger charge is 2.23. The number of ketones is 1.